The number of phenolic OH excluding ortho intramolecular Hbond substituents is 1. The first kappa shape index (κ1) is 15.4. The molecular weight excluding hydrogens is 264 g/mol. The number of fused-ring (bicyclic) bond motifs is 1. The minimum Gasteiger partial charge on any atom is -0.507 e. The fourth-order valence-electron chi connectivity index (χ4n) is 2.33. The second kappa shape index (κ2) is 6.17. The van der Waals surface area contributed by atoms with Crippen molar-refractivity contribution in [3.63, 3.8) is 0 Å². The number of hydrogen-bond acceptors (Lipinski definition) is 3. The molecule has 0 unspecified atom stereocenters. The predicted octanol–water partition coefficient (Wildman–Crippen LogP) is 4.41. The van der Waals surface area contributed by atoms with Crippen molar-refractivity contribution in [1.82, 2.24) is 0 Å². The van der Waals surface area contributed by atoms with Gasteiger partial charge in [0.2, 0.25) is 0 Å². The fraction of sp³-hybridized carbons (Fsp3) is 0.389. The van der Waals surface area contributed by atoms with Crippen LogP contribution in [0.25, 0.3) is 10.8 Å². The van der Waals surface area contributed by atoms with E-state index in [4.69, 9.17) is 4.74 Å². The maximum atomic E-state index is 12.2. The van der Waals surface area contributed by atoms with Crippen LogP contribution in [-0.2, 0) is 16.1 Å². The molecule has 0 aliphatic carbocycles. The second-order valence-corrected chi connectivity index (χ2v) is 5.63. The van der Waals surface area contributed by atoms with Crippen molar-refractivity contribution < 1.29 is 14.6 Å². The topological polar surface area (TPSA) is 46.5 Å². The molecule has 2 aromatic rings. The van der Waals surface area contributed by atoms with Crippen molar-refractivity contribution in [3.05, 3.63) is 42.0 Å². The zero-order valence-electron chi connectivity index (χ0n) is 12.8. The molecule has 2 rings (SSSR count). The first-order valence-electron chi connectivity index (χ1n) is 7.38. The van der Waals surface area contributed by atoms with Crippen LogP contribution in [0.15, 0.2) is 36.4 Å². The SMILES string of the molecule is CCC(C)(CC)C(=O)OCc1ccc(O)c2ccccc12. The summed E-state index contributed by atoms with van der Waals surface area (Å²) in [6.45, 7) is 6.17. The van der Waals surface area contributed by atoms with Crippen LogP contribution in [0, 0.1) is 5.41 Å². The van der Waals surface area contributed by atoms with Gasteiger partial charge in [-0.15, -0.1) is 0 Å². The Morgan fingerprint density at radius 3 is 2.33 bits per heavy atom. The Kier molecular flexibility index (Phi) is 4.51. The van der Waals surface area contributed by atoms with Crippen LogP contribution >= 0.6 is 0 Å². The molecule has 0 fully saturated rings. The Balaban J connectivity index is 2.22. The third-order valence-corrected chi connectivity index (χ3v) is 4.40. The third kappa shape index (κ3) is 3.02. The highest BCUT2D eigenvalue weighted by molar-refractivity contribution is 5.90. The molecule has 112 valence electrons. The van der Waals surface area contributed by atoms with Gasteiger partial charge < -0.3 is 9.84 Å². The summed E-state index contributed by atoms with van der Waals surface area (Å²) in [6.07, 6.45) is 1.53. The normalized spacial score (nSPS) is 11.6. The average molecular weight is 286 g/mol. The number of rotatable bonds is 5. The Hall–Kier alpha value is -2.03. The lowest BCUT2D eigenvalue weighted by atomic mass is 9.85. The van der Waals surface area contributed by atoms with E-state index >= 15 is 0 Å². The molecule has 0 radical (unpaired) electrons. The van der Waals surface area contributed by atoms with Gasteiger partial charge in [-0.3, -0.25) is 4.79 Å². The van der Waals surface area contributed by atoms with Gasteiger partial charge in [-0.2, -0.15) is 0 Å². The van der Waals surface area contributed by atoms with E-state index in [-0.39, 0.29) is 18.3 Å². The number of benzene rings is 2. The van der Waals surface area contributed by atoms with Crippen LogP contribution in [0.5, 0.6) is 5.75 Å². The number of hydrogen-bond donors (Lipinski definition) is 1. The van der Waals surface area contributed by atoms with E-state index in [2.05, 4.69) is 0 Å². The molecule has 0 atom stereocenters. The summed E-state index contributed by atoms with van der Waals surface area (Å²) in [5.74, 6) is 0.0808. The summed E-state index contributed by atoms with van der Waals surface area (Å²) in [5, 5.41) is 11.6. The summed E-state index contributed by atoms with van der Waals surface area (Å²) < 4.78 is 5.50. The van der Waals surface area contributed by atoms with Gasteiger partial charge in [0.1, 0.15) is 12.4 Å². The molecule has 1 N–H and O–H groups in total. The lowest BCUT2D eigenvalue weighted by molar-refractivity contribution is -0.156. The fourth-order valence-corrected chi connectivity index (χ4v) is 2.33. The first-order chi connectivity index (χ1) is 10.0. The number of carbonyl (C=O) groups excluding carboxylic acids is 1. The van der Waals surface area contributed by atoms with Crippen molar-refractivity contribution in [1.29, 1.82) is 0 Å². The Morgan fingerprint density at radius 1 is 1.10 bits per heavy atom. The van der Waals surface area contributed by atoms with Crippen molar-refractivity contribution in [3.8, 4) is 5.75 Å². The molecule has 0 heterocycles. The molecule has 0 saturated carbocycles. The highest BCUT2D eigenvalue weighted by atomic mass is 16.5. The van der Waals surface area contributed by atoms with Crippen LogP contribution in [0.3, 0.4) is 0 Å². The van der Waals surface area contributed by atoms with Crippen LogP contribution in [0.1, 0.15) is 39.2 Å². The van der Waals surface area contributed by atoms with Gasteiger partial charge in [-0.05, 0) is 36.8 Å². The smallest absolute Gasteiger partial charge is 0.312 e. The van der Waals surface area contributed by atoms with Gasteiger partial charge in [0.15, 0.2) is 0 Å². The number of aromatic hydroxyl groups is 1. The Morgan fingerprint density at radius 2 is 1.71 bits per heavy atom. The molecule has 0 aliphatic rings. The molecule has 0 amide bonds. The lowest BCUT2D eigenvalue weighted by Gasteiger charge is -2.24. The molecule has 0 spiro atoms. The van der Waals surface area contributed by atoms with Crippen molar-refractivity contribution in [2.45, 2.75) is 40.2 Å². The zero-order chi connectivity index (χ0) is 15.5. The minimum absolute atomic E-state index is 0.162. The molecule has 21 heavy (non-hydrogen) atoms. The molecule has 2 aromatic carbocycles. The molecule has 0 bridgehead atoms. The number of phenols is 1. The van der Waals surface area contributed by atoms with Gasteiger partial charge in [0.25, 0.3) is 0 Å². The summed E-state index contributed by atoms with van der Waals surface area (Å²) in [4.78, 5) is 12.2. The Bertz CT molecular complexity index is 642. The first-order valence-corrected chi connectivity index (χ1v) is 7.38. The van der Waals surface area contributed by atoms with E-state index in [1.165, 1.54) is 0 Å². The maximum absolute atomic E-state index is 12.2. The van der Waals surface area contributed by atoms with Gasteiger partial charge >= 0.3 is 5.97 Å². The molecule has 0 aliphatic heterocycles. The Labute approximate surface area is 125 Å². The highest BCUT2D eigenvalue weighted by Crippen LogP contribution is 2.30. The van der Waals surface area contributed by atoms with E-state index in [1.54, 1.807) is 12.1 Å². The summed E-state index contributed by atoms with van der Waals surface area (Å²) in [5.41, 5.74) is 0.485. The zero-order valence-corrected chi connectivity index (χ0v) is 12.8. The molecule has 0 aromatic heterocycles. The number of esters is 1. The summed E-state index contributed by atoms with van der Waals surface area (Å²) in [7, 11) is 0. The van der Waals surface area contributed by atoms with E-state index in [9.17, 15) is 9.90 Å². The lowest BCUT2D eigenvalue weighted by Crippen LogP contribution is -2.28. The predicted molar refractivity (Wildman–Crippen MR) is 84.1 cm³/mol. The van der Waals surface area contributed by atoms with E-state index < -0.39 is 5.41 Å². The minimum atomic E-state index is -0.424. The van der Waals surface area contributed by atoms with Crippen molar-refractivity contribution in [2.75, 3.05) is 0 Å². The molecular formula is C18H22O3. The summed E-state index contributed by atoms with van der Waals surface area (Å²) >= 11 is 0. The summed E-state index contributed by atoms with van der Waals surface area (Å²) in [6, 6.07) is 11.0. The number of carbonyl (C=O) groups is 1. The standard InChI is InChI=1S/C18H22O3/c1-4-18(3,5-2)17(20)21-12-13-10-11-16(19)15-9-7-6-8-14(13)15/h6-11,19H,4-5,12H2,1-3H3. The van der Waals surface area contributed by atoms with Crippen LogP contribution in [0.4, 0.5) is 0 Å². The molecule has 3 heteroatoms. The van der Waals surface area contributed by atoms with E-state index in [0.717, 1.165) is 29.2 Å². The maximum Gasteiger partial charge on any atom is 0.312 e. The average Bonchev–Trinajstić information content (AvgIpc) is 2.53. The van der Waals surface area contributed by atoms with Crippen molar-refractivity contribution in [2.24, 2.45) is 5.41 Å². The van der Waals surface area contributed by atoms with Gasteiger partial charge in [-0.1, -0.05) is 44.2 Å². The third-order valence-electron chi connectivity index (χ3n) is 4.40. The molecule has 3 nitrogen and oxygen atoms in total. The number of ether oxygens (including phenoxy) is 1. The van der Waals surface area contributed by atoms with Crippen LogP contribution < -0.4 is 0 Å². The van der Waals surface area contributed by atoms with Gasteiger partial charge in [0, 0.05) is 5.39 Å². The van der Waals surface area contributed by atoms with Crippen LogP contribution in [-0.4, -0.2) is 11.1 Å². The largest absolute Gasteiger partial charge is 0.507 e. The van der Waals surface area contributed by atoms with Gasteiger partial charge in [-0.25, -0.2) is 0 Å². The van der Waals surface area contributed by atoms with Crippen molar-refractivity contribution >= 4 is 16.7 Å². The van der Waals surface area contributed by atoms with E-state index in [1.807, 2.05) is 45.0 Å². The van der Waals surface area contributed by atoms with Gasteiger partial charge in [0.05, 0.1) is 5.41 Å². The second-order valence-electron chi connectivity index (χ2n) is 5.63. The van der Waals surface area contributed by atoms with Crippen LogP contribution in [0.2, 0.25) is 0 Å². The quantitative estimate of drug-likeness (QED) is 0.828. The highest BCUT2D eigenvalue weighted by Gasteiger charge is 2.30. The molecule has 0 saturated heterocycles. The van der Waals surface area contributed by atoms with E-state index in [0.29, 0.717) is 0 Å². The monoisotopic (exact) mass is 286 g/mol.